The zero-order valence-electron chi connectivity index (χ0n) is 14.9. The first-order valence-corrected chi connectivity index (χ1v) is 9.19. The van der Waals surface area contributed by atoms with Crippen molar-refractivity contribution in [3.05, 3.63) is 65.7 Å². The van der Waals surface area contributed by atoms with Gasteiger partial charge in [-0.2, -0.15) is 18.4 Å². The van der Waals surface area contributed by atoms with Crippen LogP contribution in [0.5, 0.6) is 0 Å². The van der Waals surface area contributed by atoms with E-state index in [1.807, 2.05) is 6.07 Å². The van der Waals surface area contributed by atoms with E-state index >= 15 is 0 Å². The van der Waals surface area contributed by atoms with Gasteiger partial charge in [-0.05, 0) is 35.9 Å². The maximum absolute atomic E-state index is 12.5. The first-order valence-electron chi connectivity index (χ1n) is 8.20. The lowest BCUT2D eigenvalue weighted by atomic mass is 10.1. The summed E-state index contributed by atoms with van der Waals surface area (Å²) in [4.78, 5) is 24.4. The lowest BCUT2D eigenvalue weighted by molar-refractivity contribution is -0.142. The van der Waals surface area contributed by atoms with Gasteiger partial charge in [-0.25, -0.2) is 4.79 Å². The van der Waals surface area contributed by atoms with Crippen LogP contribution in [-0.2, 0) is 20.5 Å². The van der Waals surface area contributed by atoms with Crippen LogP contribution in [0, 0.1) is 11.3 Å². The number of hydrogen-bond acceptors (Lipinski definition) is 5. The summed E-state index contributed by atoms with van der Waals surface area (Å²) < 4.78 is 42.3. The van der Waals surface area contributed by atoms with Crippen LogP contribution in [0.2, 0.25) is 0 Å². The fraction of sp³-hybridized carbons (Fsp3) is 0.150. The second-order valence-corrected chi connectivity index (χ2v) is 6.57. The Hall–Kier alpha value is -3.25. The Morgan fingerprint density at radius 3 is 2.48 bits per heavy atom. The second-order valence-electron chi connectivity index (χ2n) is 5.55. The summed E-state index contributed by atoms with van der Waals surface area (Å²) in [5.74, 6) is -1.16. The van der Waals surface area contributed by atoms with Gasteiger partial charge >= 0.3 is 12.1 Å². The number of carbonyl (C=O) groups excluding carboxylic acids is 2. The van der Waals surface area contributed by atoms with E-state index in [0.717, 1.165) is 18.2 Å². The van der Waals surface area contributed by atoms with Gasteiger partial charge in [0.05, 0.1) is 23.1 Å². The molecule has 0 unspecified atom stereocenters. The zero-order valence-corrected chi connectivity index (χ0v) is 15.7. The fourth-order valence-electron chi connectivity index (χ4n) is 2.12. The summed E-state index contributed by atoms with van der Waals surface area (Å²) in [7, 11) is 0. The minimum Gasteiger partial charge on any atom is -0.452 e. The van der Waals surface area contributed by atoms with E-state index < -0.39 is 30.2 Å². The number of nitriles is 1. The Bertz CT molecular complexity index is 935. The number of anilines is 1. The molecule has 2 rings (SSSR count). The van der Waals surface area contributed by atoms with Crippen molar-refractivity contribution in [2.75, 3.05) is 17.7 Å². The number of hydrogen-bond donors (Lipinski definition) is 1. The van der Waals surface area contributed by atoms with Crippen molar-refractivity contribution >= 4 is 35.4 Å². The molecular weight excluding hydrogens is 405 g/mol. The van der Waals surface area contributed by atoms with Gasteiger partial charge in [0.25, 0.3) is 5.91 Å². The number of para-hydroxylation sites is 1. The van der Waals surface area contributed by atoms with E-state index in [2.05, 4.69) is 5.32 Å². The summed E-state index contributed by atoms with van der Waals surface area (Å²) in [5.41, 5.74) is 0.0825. The van der Waals surface area contributed by atoms with Crippen LogP contribution < -0.4 is 5.32 Å². The third kappa shape index (κ3) is 7.35. The molecule has 0 saturated heterocycles. The van der Waals surface area contributed by atoms with E-state index in [-0.39, 0.29) is 5.75 Å². The van der Waals surface area contributed by atoms with Crippen molar-refractivity contribution in [1.82, 2.24) is 0 Å². The maximum Gasteiger partial charge on any atom is 0.416 e. The molecule has 0 bridgehead atoms. The van der Waals surface area contributed by atoms with Crippen molar-refractivity contribution < 1.29 is 27.5 Å². The molecule has 0 atom stereocenters. The summed E-state index contributed by atoms with van der Waals surface area (Å²) >= 11 is 1.26. The van der Waals surface area contributed by atoms with E-state index in [1.165, 1.54) is 30.0 Å². The van der Waals surface area contributed by atoms with Crippen molar-refractivity contribution in [1.29, 1.82) is 5.26 Å². The van der Waals surface area contributed by atoms with E-state index in [0.29, 0.717) is 16.1 Å². The monoisotopic (exact) mass is 420 g/mol. The van der Waals surface area contributed by atoms with Gasteiger partial charge in [0, 0.05) is 11.0 Å². The molecule has 2 aromatic rings. The number of benzene rings is 2. The summed E-state index contributed by atoms with van der Waals surface area (Å²) in [5, 5.41) is 11.2. The molecule has 9 heteroatoms. The second kappa shape index (κ2) is 10.3. The third-order valence-electron chi connectivity index (χ3n) is 3.45. The number of rotatable bonds is 7. The van der Waals surface area contributed by atoms with Gasteiger partial charge in [-0.15, -0.1) is 11.8 Å². The van der Waals surface area contributed by atoms with Gasteiger partial charge in [-0.3, -0.25) is 4.79 Å². The number of alkyl halides is 3. The summed E-state index contributed by atoms with van der Waals surface area (Å²) in [6.45, 7) is -0.534. The number of nitrogens with one attached hydrogen (secondary N) is 1. The lowest BCUT2D eigenvalue weighted by Crippen LogP contribution is -2.20. The fourth-order valence-corrected chi connectivity index (χ4v) is 2.79. The number of thioether (sulfide) groups is 1. The minimum absolute atomic E-state index is 0.219. The average molecular weight is 420 g/mol. The van der Waals surface area contributed by atoms with Crippen molar-refractivity contribution in [3.63, 3.8) is 0 Å². The molecule has 150 valence electrons. The lowest BCUT2D eigenvalue weighted by Gasteiger charge is -2.09. The Morgan fingerprint density at radius 1 is 1.14 bits per heavy atom. The highest BCUT2D eigenvalue weighted by Crippen LogP contribution is 2.29. The van der Waals surface area contributed by atoms with Gasteiger partial charge in [0.15, 0.2) is 6.61 Å². The predicted octanol–water partition coefficient (Wildman–Crippen LogP) is 4.52. The molecule has 0 heterocycles. The maximum atomic E-state index is 12.5. The molecule has 1 amide bonds. The van der Waals surface area contributed by atoms with E-state index in [1.54, 1.807) is 24.3 Å². The summed E-state index contributed by atoms with van der Waals surface area (Å²) in [6, 6.07) is 13.1. The average Bonchev–Trinajstić information content (AvgIpc) is 2.69. The van der Waals surface area contributed by atoms with Crippen LogP contribution in [0.15, 0.2) is 59.5 Å². The first-order chi connectivity index (χ1) is 13.8. The van der Waals surface area contributed by atoms with E-state index in [9.17, 15) is 22.8 Å². The van der Waals surface area contributed by atoms with Crippen LogP contribution >= 0.6 is 11.8 Å². The number of nitrogens with zero attached hydrogens (tertiary/aromatic N) is 1. The number of carbonyl (C=O) groups is 2. The molecular formula is C20H15F3N2O3S. The van der Waals surface area contributed by atoms with Crippen LogP contribution in [-0.4, -0.2) is 24.2 Å². The van der Waals surface area contributed by atoms with Crippen molar-refractivity contribution in [2.24, 2.45) is 0 Å². The quantitative estimate of drug-likeness (QED) is 0.405. The topological polar surface area (TPSA) is 79.2 Å². The van der Waals surface area contributed by atoms with Crippen molar-refractivity contribution in [2.45, 2.75) is 11.1 Å². The largest absolute Gasteiger partial charge is 0.452 e. The summed E-state index contributed by atoms with van der Waals surface area (Å²) in [6.07, 6.45) is -2.12. The van der Waals surface area contributed by atoms with Crippen LogP contribution in [0.1, 0.15) is 11.1 Å². The first kappa shape index (κ1) is 22.0. The molecule has 0 aliphatic heterocycles. The van der Waals surface area contributed by atoms with Gasteiger partial charge in [0.1, 0.15) is 0 Å². The van der Waals surface area contributed by atoms with Gasteiger partial charge in [0.2, 0.25) is 0 Å². The molecule has 1 N–H and O–H groups in total. The predicted molar refractivity (Wildman–Crippen MR) is 103 cm³/mol. The third-order valence-corrected chi connectivity index (χ3v) is 4.39. The van der Waals surface area contributed by atoms with E-state index in [4.69, 9.17) is 10.00 Å². The zero-order chi connectivity index (χ0) is 21.3. The van der Waals surface area contributed by atoms with Gasteiger partial charge < -0.3 is 10.1 Å². The smallest absolute Gasteiger partial charge is 0.416 e. The van der Waals surface area contributed by atoms with Crippen LogP contribution in [0.3, 0.4) is 0 Å². The van der Waals surface area contributed by atoms with Gasteiger partial charge in [-0.1, -0.05) is 24.3 Å². The highest BCUT2D eigenvalue weighted by atomic mass is 32.2. The molecule has 0 aromatic heterocycles. The van der Waals surface area contributed by atoms with Crippen LogP contribution in [0.25, 0.3) is 6.08 Å². The molecule has 0 aliphatic carbocycles. The highest BCUT2D eigenvalue weighted by molar-refractivity contribution is 7.99. The normalized spacial score (nSPS) is 11.1. The Balaban J connectivity index is 1.85. The molecule has 2 aromatic carbocycles. The number of amides is 1. The molecule has 0 aliphatic rings. The van der Waals surface area contributed by atoms with Crippen molar-refractivity contribution in [3.8, 4) is 6.07 Å². The standard InChI is InChI=1S/C20H15F3N2O3S/c21-20(22,23)15-8-5-14(6-9-15)7-10-19(27)28-13-18(26)25-16-3-1-2-4-17(16)29-12-11-24/h1-10H,12-13H2,(H,25,26)/b10-7+. The molecule has 0 saturated carbocycles. The Labute approximate surface area is 169 Å². The number of esters is 1. The minimum atomic E-state index is -4.43. The molecule has 0 fully saturated rings. The van der Waals surface area contributed by atoms with Crippen LogP contribution in [0.4, 0.5) is 18.9 Å². The molecule has 29 heavy (non-hydrogen) atoms. The molecule has 5 nitrogen and oxygen atoms in total. The highest BCUT2D eigenvalue weighted by Gasteiger charge is 2.29. The Morgan fingerprint density at radius 2 is 1.83 bits per heavy atom. The SMILES string of the molecule is N#CCSc1ccccc1NC(=O)COC(=O)/C=C/c1ccc(C(F)(F)F)cc1. The molecule has 0 spiro atoms. The Kier molecular flexibility index (Phi) is 7.86. The molecule has 0 radical (unpaired) electrons. The number of halogens is 3. The number of ether oxygens (including phenoxy) is 1.